The first-order chi connectivity index (χ1) is 11.6. The zero-order valence-electron chi connectivity index (χ0n) is 13.5. The molecule has 0 atom stereocenters. The molecule has 1 amide bonds. The number of aliphatic hydroxyl groups is 1. The van der Waals surface area contributed by atoms with Gasteiger partial charge in [-0.25, -0.2) is 9.78 Å². The van der Waals surface area contributed by atoms with Crippen molar-refractivity contribution in [1.29, 1.82) is 0 Å². The Morgan fingerprint density at radius 1 is 1.33 bits per heavy atom. The number of carbonyl (C=O) groups excluding carboxylic acids is 1. The van der Waals surface area contributed by atoms with Gasteiger partial charge in [0.25, 0.3) is 0 Å². The van der Waals surface area contributed by atoms with Gasteiger partial charge in [0, 0.05) is 24.8 Å². The number of aromatic nitrogens is 3. The summed E-state index contributed by atoms with van der Waals surface area (Å²) in [6.45, 7) is 2.03. The number of hydrogen-bond acceptors (Lipinski definition) is 5. The van der Waals surface area contributed by atoms with Crippen molar-refractivity contribution in [3.8, 4) is 5.69 Å². The molecule has 0 unspecified atom stereocenters. The van der Waals surface area contributed by atoms with Crippen LogP contribution in [-0.2, 0) is 11.3 Å². The maximum absolute atomic E-state index is 11.9. The molecular weight excluding hydrogens is 308 g/mol. The molecule has 1 N–H and O–H groups in total. The first-order valence-electron chi connectivity index (χ1n) is 7.56. The second-order valence-electron chi connectivity index (χ2n) is 5.26. The summed E-state index contributed by atoms with van der Waals surface area (Å²) < 4.78 is 6.88. The van der Waals surface area contributed by atoms with E-state index in [4.69, 9.17) is 4.74 Å². The number of fused-ring (bicyclic) bond motifs is 1. The van der Waals surface area contributed by atoms with Gasteiger partial charge < -0.3 is 9.84 Å². The topological polar surface area (TPSA) is 80.5 Å². The molecule has 0 aliphatic rings. The predicted octanol–water partition coefficient (Wildman–Crippen LogP) is 2.51. The first kappa shape index (κ1) is 15.9. The van der Waals surface area contributed by atoms with Crippen LogP contribution < -0.4 is 4.90 Å². The van der Waals surface area contributed by atoms with Crippen molar-refractivity contribution in [1.82, 2.24) is 14.5 Å². The Morgan fingerprint density at radius 3 is 2.92 bits per heavy atom. The maximum atomic E-state index is 11.9. The van der Waals surface area contributed by atoms with Crippen molar-refractivity contribution in [3.63, 3.8) is 0 Å². The molecule has 7 heteroatoms. The van der Waals surface area contributed by atoms with Crippen molar-refractivity contribution in [3.05, 3.63) is 48.5 Å². The lowest BCUT2D eigenvalue weighted by molar-refractivity contribution is 0.161. The van der Waals surface area contributed by atoms with Gasteiger partial charge in [0.1, 0.15) is 5.65 Å². The van der Waals surface area contributed by atoms with E-state index in [2.05, 4.69) is 9.97 Å². The van der Waals surface area contributed by atoms with Crippen LogP contribution in [0.2, 0.25) is 0 Å². The molecule has 0 aliphatic carbocycles. The SMILES string of the molecule is CCOC(=O)N(C)c1cncc(-n2ccc3cc(CO)cnc32)c1. The van der Waals surface area contributed by atoms with Crippen LogP contribution in [0.4, 0.5) is 10.5 Å². The van der Waals surface area contributed by atoms with Gasteiger partial charge in [0.15, 0.2) is 0 Å². The van der Waals surface area contributed by atoms with E-state index in [0.717, 1.165) is 22.3 Å². The Morgan fingerprint density at radius 2 is 2.17 bits per heavy atom. The summed E-state index contributed by atoms with van der Waals surface area (Å²) in [6.07, 6.45) is 6.39. The molecule has 7 nitrogen and oxygen atoms in total. The zero-order chi connectivity index (χ0) is 17.1. The molecule has 0 aromatic carbocycles. The highest BCUT2D eigenvalue weighted by Crippen LogP contribution is 2.22. The van der Waals surface area contributed by atoms with Gasteiger partial charge in [-0.05, 0) is 30.7 Å². The van der Waals surface area contributed by atoms with Crippen LogP contribution in [0.1, 0.15) is 12.5 Å². The Labute approximate surface area is 139 Å². The summed E-state index contributed by atoms with van der Waals surface area (Å²) in [4.78, 5) is 21.9. The fourth-order valence-corrected chi connectivity index (χ4v) is 2.42. The number of nitrogens with zero attached hydrogens (tertiary/aromatic N) is 4. The minimum atomic E-state index is -0.431. The maximum Gasteiger partial charge on any atom is 0.414 e. The third-order valence-electron chi connectivity index (χ3n) is 3.68. The standard InChI is InChI=1S/C17H18N4O3/c1-3-24-17(23)20(2)14-7-15(10-18-9-14)21-5-4-13-6-12(11-22)8-19-16(13)21/h4-10,22H,3,11H2,1-2H3. The molecule has 0 fully saturated rings. The largest absolute Gasteiger partial charge is 0.449 e. The molecule has 3 rings (SSSR count). The Kier molecular flexibility index (Phi) is 4.43. The van der Waals surface area contributed by atoms with Crippen molar-refractivity contribution < 1.29 is 14.6 Å². The predicted molar refractivity (Wildman–Crippen MR) is 90.2 cm³/mol. The molecule has 0 saturated heterocycles. The lowest BCUT2D eigenvalue weighted by Gasteiger charge is -2.17. The molecule has 3 heterocycles. The van der Waals surface area contributed by atoms with Gasteiger partial charge in [-0.2, -0.15) is 0 Å². The quantitative estimate of drug-likeness (QED) is 0.797. The number of rotatable bonds is 4. The van der Waals surface area contributed by atoms with E-state index in [-0.39, 0.29) is 6.61 Å². The summed E-state index contributed by atoms with van der Waals surface area (Å²) >= 11 is 0. The fourth-order valence-electron chi connectivity index (χ4n) is 2.42. The van der Waals surface area contributed by atoms with Crippen LogP contribution >= 0.6 is 0 Å². The molecule has 0 radical (unpaired) electrons. The second kappa shape index (κ2) is 6.67. The second-order valence-corrected chi connectivity index (χ2v) is 5.26. The number of amides is 1. The summed E-state index contributed by atoms with van der Waals surface area (Å²) in [5.74, 6) is 0. The van der Waals surface area contributed by atoms with E-state index in [1.54, 1.807) is 32.6 Å². The van der Waals surface area contributed by atoms with Crippen LogP contribution in [0.5, 0.6) is 0 Å². The van der Waals surface area contributed by atoms with E-state index in [0.29, 0.717) is 12.3 Å². The van der Waals surface area contributed by atoms with Crippen LogP contribution in [0.3, 0.4) is 0 Å². The molecular formula is C17H18N4O3. The molecule has 0 spiro atoms. The molecule has 3 aromatic rings. The number of pyridine rings is 2. The number of hydrogen-bond donors (Lipinski definition) is 1. The monoisotopic (exact) mass is 326 g/mol. The molecule has 0 bridgehead atoms. The smallest absolute Gasteiger partial charge is 0.414 e. The van der Waals surface area contributed by atoms with E-state index in [1.807, 2.05) is 29.0 Å². The Hall–Kier alpha value is -2.93. The van der Waals surface area contributed by atoms with Crippen LogP contribution in [0.25, 0.3) is 16.7 Å². The fraction of sp³-hybridized carbons (Fsp3) is 0.235. The van der Waals surface area contributed by atoms with Gasteiger partial charge >= 0.3 is 6.09 Å². The first-order valence-corrected chi connectivity index (χ1v) is 7.56. The number of ether oxygens (including phenoxy) is 1. The van der Waals surface area contributed by atoms with Crippen molar-refractivity contribution in [2.24, 2.45) is 0 Å². The minimum Gasteiger partial charge on any atom is -0.449 e. The van der Waals surface area contributed by atoms with Crippen molar-refractivity contribution in [2.75, 3.05) is 18.6 Å². The summed E-state index contributed by atoms with van der Waals surface area (Å²) in [5, 5.41) is 10.1. The van der Waals surface area contributed by atoms with Gasteiger partial charge in [0.2, 0.25) is 0 Å². The van der Waals surface area contributed by atoms with Gasteiger partial charge in [-0.1, -0.05) is 0 Å². The summed E-state index contributed by atoms with van der Waals surface area (Å²) in [5.41, 5.74) is 2.92. The average molecular weight is 326 g/mol. The Balaban J connectivity index is 1.98. The lowest BCUT2D eigenvalue weighted by Crippen LogP contribution is -2.27. The number of anilines is 1. The van der Waals surface area contributed by atoms with E-state index >= 15 is 0 Å². The molecule has 24 heavy (non-hydrogen) atoms. The highest BCUT2D eigenvalue weighted by Gasteiger charge is 2.13. The summed E-state index contributed by atoms with van der Waals surface area (Å²) in [7, 11) is 1.64. The minimum absolute atomic E-state index is 0.0461. The van der Waals surface area contributed by atoms with Crippen molar-refractivity contribution in [2.45, 2.75) is 13.5 Å². The number of aliphatic hydroxyl groups excluding tert-OH is 1. The third-order valence-corrected chi connectivity index (χ3v) is 3.68. The Bertz CT molecular complexity index is 875. The number of carbonyl (C=O) groups is 1. The van der Waals surface area contributed by atoms with E-state index < -0.39 is 6.09 Å². The van der Waals surface area contributed by atoms with Crippen LogP contribution in [0.15, 0.2) is 43.0 Å². The highest BCUT2D eigenvalue weighted by molar-refractivity contribution is 5.87. The molecule has 3 aromatic heterocycles. The van der Waals surface area contributed by atoms with E-state index in [1.165, 1.54) is 4.90 Å². The van der Waals surface area contributed by atoms with Crippen LogP contribution in [-0.4, -0.2) is 39.4 Å². The van der Waals surface area contributed by atoms with E-state index in [9.17, 15) is 9.90 Å². The third kappa shape index (κ3) is 2.93. The highest BCUT2D eigenvalue weighted by atomic mass is 16.6. The summed E-state index contributed by atoms with van der Waals surface area (Å²) in [6, 6.07) is 5.65. The van der Waals surface area contributed by atoms with Gasteiger partial charge in [0.05, 0.1) is 37.0 Å². The molecule has 124 valence electrons. The average Bonchev–Trinajstić information content (AvgIpc) is 3.04. The molecule has 0 saturated carbocycles. The van der Waals surface area contributed by atoms with Crippen molar-refractivity contribution >= 4 is 22.8 Å². The lowest BCUT2D eigenvalue weighted by atomic mass is 10.2. The van der Waals surface area contributed by atoms with Gasteiger partial charge in [-0.15, -0.1) is 0 Å². The van der Waals surface area contributed by atoms with Crippen LogP contribution in [0, 0.1) is 0 Å². The van der Waals surface area contributed by atoms with Gasteiger partial charge in [-0.3, -0.25) is 14.5 Å². The zero-order valence-corrected chi connectivity index (χ0v) is 13.5. The normalized spacial score (nSPS) is 10.8. The molecule has 0 aliphatic heterocycles.